The summed E-state index contributed by atoms with van der Waals surface area (Å²) in [5, 5.41) is 9.27. The van der Waals surface area contributed by atoms with Gasteiger partial charge in [0.1, 0.15) is 0 Å². The van der Waals surface area contributed by atoms with Crippen LogP contribution in [0.1, 0.15) is 49.5 Å². The Morgan fingerprint density at radius 3 is 2.40 bits per heavy atom. The second kappa shape index (κ2) is 9.78. The molecule has 1 atom stereocenters. The van der Waals surface area contributed by atoms with E-state index in [2.05, 4.69) is 16.0 Å². The molecule has 2 rings (SSSR count). The van der Waals surface area contributed by atoms with E-state index in [1.807, 2.05) is 45.0 Å². The van der Waals surface area contributed by atoms with Crippen LogP contribution in [0.25, 0.3) is 0 Å². The lowest BCUT2D eigenvalue weighted by molar-refractivity contribution is -0.128. The van der Waals surface area contributed by atoms with Crippen LogP contribution >= 0.6 is 12.4 Å². The summed E-state index contributed by atoms with van der Waals surface area (Å²) >= 11 is 0. The topological polar surface area (TPSA) is 70.2 Å². The Morgan fingerprint density at radius 1 is 1.16 bits per heavy atom. The molecule has 2 amide bonds. The summed E-state index contributed by atoms with van der Waals surface area (Å²) < 4.78 is 0. The van der Waals surface area contributed by atoms with Gasteiger partial charge in [-0.05, 0) is 49.5 Å². The lowest BCUT2D eigenvalue weighted by Gasteiger charge is -2.22. The van der Waals surface area contributed by atoms with Crippen molar-refractivity contribution in [3.05, 3.63) is 35.4 Å². The Morgan fingerprint density at radius 2 is 1.84 bits per heavy atom. The fourth-order valence-electron chi connectivity index (χ4n) is 2.66. The van der Waals surface area contributed by atoms with Gasteiger partial charge >= 0.3 is 0 Å². The predicted molar refractivity (Wildman–Crippen MR) is 103 cm³/mol. The summed E-state index contributed by atoms with van der Waals surface area (Å²) in [6, 6.07) is 7.40. The van der Waals surface area contributed by atoms with Crippen LogP contribution in [-0.4, -0.2) is 31.4 Å². The number of benzene rings is 1. The highest BCUT2D eigenvalue weighted by atomic mass is 35.5. The zero-order valence-electron chi connectivity index (χ0n) is 15.4. The highest BCUT2D eigenvalue weighted by Crippen LogP contribution is 2.13. The molecule has 1 aromatic rings. The van der Waals surface area contributed by atoms with E-state index in [9.17, 15) is 9.59 Å². The van der Waals surface area contributed by atoms with Crippen molar-refractivity contribution in [2.24, 2.45) is 11.3 Å². The molecule has 1 fully saturated rings. The first-order valence-electron chi connectivity index (χ1n) is 8.72. The smallest absolute Gasteiger partial charge is 0.251 e. The van der Waals surface area contributed by atoms with Gasteiger partial charge in [-0.2, -0.15) is 0 Å². The minimum absolute atomic E-state index is 0. The van der Waals surface area contributed by atoms with Gasteiger partial charge in [0, 0.05) is 24.1 Å². The van der Waals surface area contributed by atoms with Crippen LogP contribution in [0.15, 0.2) is 24.3 Å². The van der Waals surface area contributed by atoms with Crippen molar-refractivity contribution in [3.63, 3.8) is 0 Å². The maximum Gasteiger partial charge on any atom is 0.251 e. The van der Waals surface area contributed by atoms with E-state index >= 15 is 0 Å². The molecule has 5 nitrogen and oxygen atoms in total. The van der Waals surface area contributed by atoms with E-state index in [-0.39, 0.29) is 24.2 Å². The first-order chi connectivity index (χ1) is 11.4. The van der Waals surface area contributed by atoms with Gasteiger partial charge in [0.25, 0.3) is 5.91 Å². The van der Waals surface area contributed by atoms with Crippen LogP contribution in [-0.2, 0) is 11.3 Å². The largest absolute Gasteiger partial charge is 0.352 e. The van der Waals surface area contributed by atoms with Gasteiger partial charge in [0.15, 0.2) is 0 Å². The van der Waals surface area contributed by atoms with Crippen molar-refractivity contribution in [1.82, 2.24) is 16.0 Å². The van der Waals surface area contributed by atoms with Crippen molar-refractivity contribution < 1.29 is 9.59 Å². The van der Waals surface area contributed by atoms with E-state index in [1.54, 1.807) is 0 Å². The van der Waals surface area contributed by atoms with Gasteiger partial charge in [-0.25, -0.2) is 0 Å². The summed E-state index contributed by atoms with van der Waals surface area (Å²) in [5.41, 5.74) is 1.25. The molecule has 0 bridgehead atoms. The summed E-state index contributed by atoms with van der Waals surface area (Å²) in [6.45, 7) is 8.91. The Balaban J connectivity index is 0.00000312. The molecule has 0 aromatic heterocycles. The van der Waals surface area contributed by atoms with Crippen LogP contribution in [0.4, 0.5) is 0 Å². The summed E-state index contributed by atoms with van der Waals surface area (Å²) in [6.07, 6.45) is 2.34. The van der Waals surface area contributed by atoms with Crippen LogP contribution in [0, 0.1) is 11.3 Å². The molecule has 0 spiro atoms. The second-order valence-electron chi connectivity index (χ2n) is 7.55. The Kier molecular flexibility index (Phi) is 8.39. The zero-order valence-corrected chi connectivity index (χ0v) is 16.2. The van der Waals surface area contributed by atoms with Gasteiger partial charge in [-0.3, -0.25) is 9.59 Å². The Bertz CT molecular complexity index is 561. The lowest BCUT2D eigenvalue weighted by atomic mass is 9.95. The van der Waals surface area contributed by atoms with Crippen LogP contribution < -0.4 is 16.0 Å². The fourth-order valence-corrected chi connectivity index (χ4v) is 2.66. The highest BCUT2D eigenvalue weighted by molar-refractivity contribution is 5.94. The number of halogens is 1. The summed E-state index contributed by atoms with van der Waals surface area (Å²) in [4.78, 5) is 24.1. The molecule has 1 saturated heterocycles. The van der Waals surface area contributed by atoms with Crippen molar-refractivity contribution in [1.29, 1.82) is 0 Å². The quantitative estimate of drug-likeness (QED) is 0.748. The van der Waals surface area contributed by atoms with E-state index in [0.717, 1.165) is 25.2 Å². The van der Waals surface area contributed by atoms with E-state index in [0.29, 0.717) is 18.0 Å². The molecule has 1 aliphatic rings. The Labute approximate surface area is 156 Å². The van der Waals surface area contributed by atoms with Crippen LogP contribution in [0.2, 0.25) is 0 Å². The van der Waals surface area contributed by atoms with Gasteiger partial charge in [0.2, 0.25) is 5.91 Å². The van der Waals surface area contributed by atoms with E-state index in [4.69, 9.17) is 0 Å². The third-order valence-electron chi connectivity index (χ3n) is 4.30. The third kappa shape index (κ3) is 7.04. The molecule has 140 valence electrons. The van der Waals surface area contributed by atoms with Gasteiger partial charge < -0.3 is 16.0 Å². The standard InChI is InChI=1S/C19H29N3O2.ClH/c1-19(2,3)18(24)22-12-14-6-8-16(9-7-14)17(23)21-13-15-5-4-10-20-11-15;/h6-9,15,20H,4-5,10-13H2,1-3H3,(H,21,23)(H,22,24);1H. The third-order valence-corrected chi connectivity index (χ3v) is 4.30. The molecule has 3 N–H and O–H groups in total. The average molecular weight is 368 g/mol. The number of hydrogen-bond acceptors (Lipinski definition) is 3. The minimum Gasteiger partial charge on any atom is -0.352 e. The molecule has 0 radical (unpaired) electrons. The first-order valence-corrected chi connectivity index (χ1v) is 8.72. The molecule has 0 aliphatic carbocycles. The number of rotatable bonds is 5. The van der Waals surface area contributed by atoms with Gasteiger partial charge in [-0.15, -0.1) is 12.4 Å². The number of hydrogen-bond donors (Lipinski definition) is 3. The molecular formula is C19H30ClN3O2. The van der Waals surface area contributed by atoms with Crippen molar-refractivity contribution >= 4 is 24.2 Å². The van der Waals surface area contributed by atoms with Crippen LogP contribution in [0.3, 0.4) is 0 Å². The van der Waals surface area contributed by atoms with E-state index in [1.165, 1.54) is 12.8 Å². The van der Waals surface area contributed by atoms with Gasteiger partial charge in [-0.1, -0.05) is 32.9 Å². The van der Waals surface area contributed by atoms with E-state index < -0.39 is 5.41 Å². The molecule has 1 aliphatic heterocycles. The number of amides is 2. The SMILES string of the molecule is CC(C)(C)C(=O)NCc1ccc(C(=O)NCC2CCCNC2)cc1.Cl. The normalized spacial score (nSPS) is 17.3. The molecule has 1 aromatic carbocycles. The lowest BCUT2D eigenvalue weighted by Crippen LogP contribution is -2.38. The Hall–Kier alpha value is -1.59. The van der Waals surface area contributed by atoms with Crippen molar-refractivity contribution in [3.8, 4) is 0 Å². The highest BCUT2D eigenvalue weighted by Gasteiger charge is 2.20. The molecule has 0 saturated carbocycles. The predicted octanol–water partition coefficient (Wildman–Crippen LogP) is 2.50. The van der Waals surface area contributed by atoms with Crippen LogP contribution in [0.5, 0.6) is 0 Å². The van der Waals surface area contributed by atoms with Crippen molar-refractivity contribution in [2.75, 3.05) is 19.6 Å². The number of piperidine rings is 1. The number of nitrogens with one attached hydrogen (secondary N) is 3. The number of carbonyl (C=O) groups is 2. The second-order valence-corrected chi connectivity index (χ2v) is 7.55. The molecular weight excluding hydrogens is 338 g/mol. The fraction of sp³-hybridized carbons (Fsp3) is 0.579. The van der Waals surface area contributed by atoms with Crippen molar-refractivity contribution in [2.45, 2.75) is 40.2 Å². The maximum absolute atomic E-state index is 12.2. The zero-order chi connectivity index (χ0) is 17.6. The monoisotopic (exact) mass is 367 g/mol. The number of carbonyl (C=O) groups excluding carboxylic acids is 2. The average Bonchev–Trinajstić information content (AvgIpc) is 2.58. The molecule has 25 heavy (non-hydrogen) atoms. The molecule has 6 heteroatoms. The minimum atomic E-state index is -0.395. The first kappa shape index (κ1) is 21.5. The molecule has 1 heterocycles. The summed E-state index contributed by atoms with van der Waals surface area (Å²) in [7, 11) is 0. The maximum atomic E-state index is 12.2. The van der Waals surface area contributed by atoms with Gasteiger partial charge in [0.05, 0.1) is 0 Å². The molecule has 1 unspecified atom stereocenters. The summed E-state index contributed by atoms with van der Waals surface area (Å²) in [5.74, 6) is 0.505.